The number of hydrogen-bond acceptors (Lipinski definition) is 9. The molecule has 1 unspecified atom stereocenters. The number of nitrogens with zero attached hydrogens (tertiary/aromatic N) is 4. The number of carbonyl (C=O) groups excluding carboxylic acids is 1. The zero-order valence-corrected chi connectivity index (χ0v) is 18.2. The van der Waals surface area contributed by atoms with E-state index < -0.39 is 34.4 Å². The maximum atomic E-state index is 12.6. The highest BCUT2D eigenvalue weighted by Gasteiger charge is 2.31. The van der Waals surface area contributed by atoms with Gasteiger partial charge in [-0.3, -0.25) is 14.9 Å². The summed E-state index contributed by atoms with van der Waals surface area (Å²) in [5.74, 6) is -2.33. The molecule has 2 rings (SSSR count). The van der Waals surface area contributed by atoms with Gasteiger partial charge in [0, 0.05) is 18.7 Å². The Balaban J connectivity index is 2.49. The van der Waals surface area contributed by atoms with Crippen LogP contribution in [0.1, 0.15) is 31.1 Å². The van der Waals surface area contributed by atoms with Crippen LogP contribution in [0.5, 0.6) is 17.5 Å². The van der Waals surface area contributed by atoms with Crippen molar-refractivity contribution < 1.29 is 29.1 Å². The molecule has 0 aliphatic carbocycles. The molecule has 0 spiro atoms. The third-order valence-corrected chi connectivity index (χ3v) is 4.69. The lowest BCUT2D eigenvalue weighted by Crippen LogP contribution is -2.30. The number of carboxylic acids is 1. The van der Waals surface area contributed by atoms with Crippen LogP contribution in [0.15, 0.2) is 29.4 Å². The predicted octanol–water partition coefficient (Wildman–Crippen LogP) is 3.23. The highest BCUT2D eigenvalue weighted by molar-refractivity contribution is 7.98. The first kappa shape index (κ1) is 23.9. The maximum Gasteiger partial charge on any atom is 0.392 e. The fraction of sp³-hybridized carbons (Fsp3) is 0.368. The van der Waals surface area contributed by atoms with E-state index in [4.69, 9.17) is 14.6 Å². The third kappa shape index (κ3) is 5.81. The molecule has 1 amide bonds. The second kappa shape index (κ2) is 10.6. The van der Waals surface area contributed by atoms with Crippen molar-refractivity contribution in [1.29, 1.82) is 0 Å². The van der Waals surface area contributed by atoms with Crippen LogP contribution in [0, 0.1) is 10.1 Å². The Morgan fingerprint density at radius 2 is 1.90 bits per heavy atom. The summed E-state index contributed by atoms with van der Waals surface area (Å²) >= 11 is 1.07. The number of ether oxygens (including phenoxy) is 2. The molecule has 0 saturated heterocycles. The molecule has 0 radical (unpaired) electrons. The zero-order valence-electron chi connectivity index (χ0n) is 17.4. The van der Waals surface area contributed by atoms with Gasteiger partial charge in [0.15, 0.2) is 11.3 Å². The van der Waals surface area contributed by atoms with Gasteiger partial charge in [-0.25, -0.2) is 4.79 Å². The minimum Gasteiger partial charge on any atom is -0.479 e. The summed E-state index contributed by atoms with van der Waals surface area (Å²) in [6.45, 7) is 5.98. The number of benzene rings is 1. The Kier molecular flexibility index (Phi) is 8.14. The van der Waals surface area contributed by atoms with Gasteiger partial charge >= 0.3 is 23.4 Å². The predicted molar refractivity (Wildman–Crippen MR) is 112 cm³/mol. The monoisotopic (exact) mass is 450 g/mol. The molecule has 31 heavy (non-hydrogen) atoms. The maximum absolute atomic E-state index is 12.6. The second-order valence-corrected chi connectivity index (χ2v) is 6.91. The van der Waals surface area contributed by atoms with Crippen LogP contribution < -0.4 is 9.47 Å². The van der Waals surface area contributed by atoms with E-state index in [1.807, 2.05) is 13.8 Å². The van der Waals surface area contributed by atoms with Gasteiger partial charge in [-0.2, -0.15) is 9.97 Å². The van der Waals surface area contributed by atoms with Gasteiger partial charge in [0.05, 0.1) is 4.92 Å². The quantitative estimate of drug-likeness (QED) is 0.248. The molecule has 2 aromatic rings. The summed E-state index contributed by atoms with van der Waals surface area (Å²) in [6.07, 6.45) is 0.254. The van der Waals surface area contributed by atoms with E-state index in [0.29, 0.717) is 18.7 Å². The number of rotatable bonds is 10. The van der Waals surface area contributed by atoms with Gasteiger partial charge in [0.25, 0.3) is 5.91 Å². The van der Waals surface area contributed by atoms with Crippen LogP contribution in [0.3, 0.4) is 0 Å². The first-order valence-corrected chi connectivity index (χ1v) is 10.5. The normalized spacial score (nSPS) is 11.5. The molecule has 0 fully saturated rings. The van der Waals surface area contributed by atoms with E-state index in [1.165, 1.54) is 19.1 Å². The number of amides is 1. The standard InChI is InChI=1S/C19H22N4O7S/c1-5-22(6-2)17(24)12-8-7-9-13(10-12)30-16-14(23(27)28)15(20-19(21-16)31-4)29-11(3)18(25)26/h7-11H,5-6H2,1-4H3,(H,25,26). The minimum absolute atomic E-state index is 0.0866. The van der Waals surface area contributed by atoms with Crippen molar-refractivity contribution >= 4 is 29.3 Å². The number of carbonyl (C=O) groups is 2. The van der Waals surface area contributed by atoms with Crippen molar-refractivity contribution in [2.75, 3.05) is 19.3 Å². The summed E-state index contributed by atoms with van der Waals surface area (Å²) in [7, 11) is 0. The van der Waals surface area contributed by atoms with Gasteiger partial charge in [0.1, 0.15) is 5.75 Å². The van der Waals surface area contributed by atoms with E-state index in [1.54, 1.807) is 23.3 Å². The first-order chi connectivity index (χ1) is 14.7. The largest absolute Gasteiger partial charge is 0.479 e. The number of nitro groups is 1. The molecule has 0 saturated carbocycles. The van der Waals surface area contributed by atoms with Gasteiger partial charge in [-0.15, -0.1) is 0 Å². The number of carboxylic acid groups (broad SMARTS) is 1. The highest BCUT2D eigenvalue weighted by atomic mass is 32.2. The number of aromatic nitrogens is 2. The smallest absolute Gasteiger partial charge is 0.392 e. The van der Waals surface area contributed by atoms with Crippen molar-refractivity contribution in [3.63, 3.8) is 0 Å². The van der Waals surface area contributed by atoms with Crippen molar-refractivity contribution in [2.24, 2.45) is 0 Å². The summed E-state index contributed by atoms with van der Waals surface area (Å²) in [6, 6.07) is 6.16. The Morgan fingerprint density at radius 1 is 1.26 bits per heavy atom. The van der Waals surface area contributed by atoms with E-state index in [0.717, 1.165) is 11.8 Å². The summed E-state index contributed by atoms with van der Waals surface area (Å²) in [5.41, 5.74) is -0.370. The SMILES string of the molecule is CCN(CC)C(=O)c1cccc(Oc2nc(SC)nc(OC(C)C(=O)O)c2[N+](=O)[O-])c1. The fourth-order valence-electron chi connectivity index (χ4n) is 2.51. The minimum atomic E-state index is -1.38. The van der Waals surface area contributed by atoms with Crippen LogP contribution in [-0.4, -0.2) is 62.2 Å². The van der Waals surface area contributed by atoms with Gasteiger partial charge in [-0.05, 0) is 45.2 Å². The molecule has 0 aliphatic rings. The van der Waals surface area contributed by atoms with E-state index in [2.05, 4.69) is 9.97 Å². The molecule has 1 N–H and O–H groups in total. The van der Waals surface area contributed by atoms with Gasteiger partial charge in [-0.1, -0.05) is 17.8 Å². The molecule has 1 atom stereocenters. The lowest BCUT2D eigenvalue weighted by molar-refractivity contribution is -0.387. The number of thioether (sulfide) groups is 1. The van der Waals surface area contributed by atoms with Crippen LogP contribution in [0.25, 0.3) is 0 Å². The lowest BCUT2D eigenvalue weighted by atomic mass is 10.2. The molecule has 0 bridgehead atoms. The first-order valence-electron chi connectivity index (χ1n) is 9.28. The van der Waals surface area contributed by atoms with E-state index >= 15 is 0 Å². The Labute approximate surface area is 182 Å². The summed E-state index contributed by atoms with van der Waals surface area (Å²) < 4.78 is 10.8. The van der Waals surface area contributed by atoms with Crippen LogP contribution >= 0.6 is 11.8 Å². The third-order valence-electron chi connectivity index (χ3n) is 4.15. The molecule has 11 nitrogen and oxygen atoms in total. The van der Waals surface area contributed by atoms with Crippen molar-refractivity contribution in [3.8, 4) is 17.5 Å². The molecule has 1 aromatic carbocycles. The number of aliphatic carboxylic acids is 1. The molecule has 0 aliphatic heterocycles. The molecule has 12 heteroatoms. The average Bonchev–Trinajstić information content (AvgIpc) is 2.74. The Morgan fingerprint density at radius 3 is 2.45 bits per heavy atom. The molecular formula is C19H22N4O7S. The second-order valence-electron chi connectivity index (χ2n) is 6.13. The van der Waals surface area contributed by atoms with Crippen LogP contribution in [-0.2, 0) is 4.79 Å². The van der Waals surface area contributed by atoms with Crippen LogP contribution in [0.4, 0.5) is 5.69 Å². The lowest BCUT2D eigenvalue weighted by Gasteiger charge is -2.19. The summed E-state index contributed by atoms with van der Waals surface area (Å²) in [5, 5.41) is 20.8. The fourth-order valence-corrected chi connectivity index (χ4v) is 2.86. The molecular weight excluding hydrogens is 428 g/mol. The molecule has 166 valence electrons. The van der Waals surface area contributed by atoms with Crippen molar-refractivity contribution in [3.05, 3.63) is 39.9 Å². The summed E-state index contributed by atoms with van der Waals surface area (Å²) in [4.78, 5) is 44.1. The average molecular weight is 450 g/mol. The van der Waals surface area contributed by atoms with Gasteiger partial charge < -0.3 is 19.5 Å². The molecule has 1 heterocycles. The van der Waals surface area contributed by atoms with Crippen molar-refractivity contribution in [1.82, 2.24) is 14.9 Å². The molecule has 1 aromatic heterocycles. The topological polar surface area (TPSA) is 145 Å². The highest BCUT2D eigenvalue weighted by Crippen LogP contribution is 2.38. The van der Waals surface area contributed by atoms with Crippen LogP contribution in [0.2, 0.25) is 0 Å². The number of hydrogen-bond donors (Lipinski definition) is 1. The zero-order chi connectivity index (χ0) is 23.1. The van der Waals surface area contributed by atoms with Crippen molar-refractivity contribution in [2.45, 2.75) is 32.0 Å². The van der Waals surface area contributed by atoms with Gasteiger partial charge in [0.2, 0.25) is 0 Å². The van der Waals surface area contributed by atoms with E-state index in [9.17, 15) is 19.7 Å². The Hall–Kier alpha value is -3.41. The Bertz CT molecular complexity index is 982. The van der Waals surface area contributed by atoms with E-state index in [-0.39, 0.29) is 16.8 Å².